The first kappa shape index (κ1) is 17.1. The summed E-state index contributed by atoms with van der Waals surface area (Å²) in [6.45, 7) is 6.56. The first-order chi connectivity index (χ1) is 11.4. The van der Waals surface area contributed by atoms with Crippen LogP contribution in [0.3, 0.4) is 0 Å². The van der Waals surface area contributed by atoms with Crippen molar-refractivity contribution in [1.29, 1.82) is 0 Å². The second-order valence-corrected chi connectivity index (χ2v) is 7.96. The number of anilines is 1. The highest BCUT2D eigenvalue weighted by Gasteiger charge is 2.40. The maximum atomic E-state index is 13.1. The van der Waals surface area contributed by atoms with Crippen molar-refractivity contribution in [1.82, 2.24) is 5.32 Å². The van der Waals surface area contributed by atoms with Gasteiger partial charge in [-0.05, 0) is 50.7 Å². The summed E-state index contributed by atoms with van der Waals surface area (Å²) < 4.78 is 5.40. The molecule has 1 aliphatic heterocycles. The Bertz CT molecular complexity index is 606. The predicted octanol–water partition coefficient (Wildman–Crippen LogP) is 4.83. The van der Waals surface area contributed by atoms with Crippen LogP contribution in [0.4, 0.5) is 10.5 Å². The number of ether oxygens (including phenoxy) is 1. The van der Waals surface area contributed by atoms with Crippen molar-refractivity contribution in [3.63, 3.8) is 0 Å². The largest absolute Gasteiger partial charge is 0.497 e. The predicted molar refractivity (Wildman–Crippen MR) is 98.0 cm³/mol. The van der Waals surface area contributed by atoms with Crippen LogP contribution in [0.2, 0.25) is 0 Å². The maximum absolute atomic E-state index is 13.1. The van der Waals surface area contributed by atoms with Gasteiger partial charge in [-0.15, -0.1) is 0 Å². The maximum Gasteiger partial charge on any atom is 0.322 e. The van der Waals surface area contributed by atoms with Gasteiger partial charge in [-0.3, -0.25) is 4.90 Å². The summed E-state index contributed by atoms with van der Waals surface area (Å²) in [6.07, 6.45) is 6.89. The van der Waals surface area contributed by atoms with E-state index in [9.17, 15) is 4.79 Å². The van der Waals surface area contributed by atoms with E-state index in [2.05, 4.69) is 32.2 Å². The molecule has 0 unspecified atom stereocenters. The number of nitrogens with one attached hydrogen (secondary N) is 1. The zero-order valence-electron chi connectivity index (χ0n) is 15.4. The van der Waals surface area contributed by atoms with E-state index < -0.39 is 0 Å². The molecule has 0 saturated heterocycles. The van der Waals surface area contributed by atoms with Crippen LogP contribution in [0.1, 0.15) is 70.8 Å². The van der Waals surface area contributed by atoms with E-state index in [1.165, 1.54) is 24.8 Å². The average molecular weight is 330 g/mol. The molecule has 1 aromatic carbocycles. The van der Waals surface area contributed by atoms with E-state index in [0.717, 1.165) is 30.7 Å². The molecular weight excluding hydrogens is 300 g/mol. The quantitative estimate of drug-likeness (QED) is 0.844. The van der Waals surface area contributed by atoms with Gasteiger partial charge in [0.25, 0.3) is 0 Å². The zero-order valence-corrected chi connectivity index (χ0v) is 15.4. The van der Waals surface area contributed by atoms with Crippen LogP contribution in [0.15, 0.2) is 18.2 Å². The molecule has 1 fully saturated rings. The molecule has 24 heavy (non-hydrogen) atoms. The van der Waals surface area contributed by atoms with Crippen LogP contribution in [-0.4, -0.2) is 24.7 Å². The van der Waals surface area contributed by atoms with Gasteiger partial charge in [0.15, 0.2) is 0 Å². The van der Waals surface area contributed by atoms with Gasteiger partial charge >= 0.3 is 6.03 Å². The summed E-state index contributed by atoms with van der Waals surface area (Å²) in [7, 11) is 1.67. The van der Waals surface area contributed by atoms with E-state index in [-0.39, 0.29) is 11.6 Å². The first-order valence-electron chi connectivity index (χ1n) is 9.21. The van der Waals surface area contributed by atoms with Crippen LogP contribution in [-0.2, 0) is 0 Å². The van der Waals surface area contributed by atoms with Crippen LogP contribution in [0.5, 0.6) is 5.75 Å². The number of rotatable bonds is 2. The van der Waals surface area contributed by atoms with Crippen molar-refractivity contribution in [2.24, 2.45) is 0 Å². The Morgan fingerprint density at radius 1 is 1.25 bits per heavy atom. The van der Waals surface area contributed by atoms with Crippen molar-refractivity contribution in [3.8, 4) is 5.75 Å². The van der Waals surface area contributed by atoms with E-state index in [1.807, 2.05) is 17.0 Å². The van der Waals surface area contributed by atoms with E-state index in [1.54, 1.807) is 7.11 Å². The molecule has 3 rings (SSSR count). The van der Waals surface area contributed by atoms with Gasteiger partial charge in [0.1, 0.15) is 5.75 Å². The molecule has 1 atom stereocenters. The second-order valence-electron chi connectivity index (χ2n) is 7.96. The summed E-state index contributed by atoms with van der Waals surface area (Å²) >= 11 is 0. The third kappa shape index (κ3) is 3.24. The van der Waals surface area contributed by atoms with E-state index >= 15 is 0 Å². The number of hydrogen-bond acceptors (Lipinski definition) is 2. The normalized spacial score (nSPS) is 23.5. The lowest BCUT2D eigenvalue weighted by atomic mass is 9.80. The van der Waals surface area contributed by atoms with Crippen LogP contribution < -0.4 is 15.0 Å². The SMILES string of the molecule is COc1ccc2c(c1)N(C(=O)NC1CCCCC1)C(C)(C)C[C@H]2C. The Morgan fingerprint density at radius 3 is 2.62 bits per heavy atom. The number of methoxy groups -OCH3 is 1. The monoisotopic (exact) mass is 330 g/mol. The molecule has 0 radical (unpaired) electrons. The molecular formula is C20H30N2O2. The summed E-state index contributed by atoms with van der Waals surface area (Å²) in [5.74, 6) is 1.23. The lowest BCUT2D eigenvalue weighted by Crippen LogP contribution is -2.57. The minimum Gasteiger partial charge on any atom is -0.497 e. The Kier molecular flexibility index (Phi) is 4.75. The fourth-order valence-electron chi connectivity index (χ4n) is 4.41. The lowest BCUT2D eigenvalue weighted by molar-refractivity contribution is 0.228. The standard InChI is InChI=1S/C20H30N2O2/c1-14-13-20(2,3)22(18-12-16(24-4)10-11-17(14)18)19(23)21-15-8-6-5-7-9-15/h10-12,14-15H,5-9,13H2,1-4H3,(H,21,23)/t14-/m1/s1. The van der Waals surface area contributed by atoms with Gasteiger partial charge in [0, 0.05) is 17.6 Å². The van der Waals surface area contributed by atoms with Gasteiger partial charge in [0.05, 0.1) is 12.8 Å². The van der Waals surface area contributed by atoms with Gasteiger partial charge in [-0.1, -0.05) is 32.3 Å². The van der Waals surface area contributed by atoms with Crippen LogP contribution in [0, 0.1) is 0 Å². The zero-order chi connectivity index (χ0) is 17.3. The molecule has 132 valence electrons. The van der Waals surface area contributed by atoms with Crippen LogP contribution >= 0.6 is 0 Å². The topological polar surface area (TPSA) is 41.6 Å². The number of benzene rings is 1. The van der Waals surface area contributed by atoms with Crippen molar-refractivity contribution >= 4 is 11.7 Å². The van der Waals surface area contributed by atoms with Gasteiger partial charge in [-0.25, -0.2) is 4.79 Å². The number of urea groups is 1. The summed E-state index contributed by atoms with van der Waals surface area (Å²) in [6, 6.07) is 6.45. The Balaban J connectivity index is 1.92. The van der Waals surface area contributed by atoms with Crippen LogP contribution in [0.25, 0.3) is 0 Å². The molecule has 2 amide bonds. The smallest absolute Gasteiger partial charge is 0.322 e. The average Bonchev–Trinajstić information content (AvgIpc) is 2.54. The summed E-state index contributed by atoms with van der Waals surface area (Å²) in [5, 5.41) is 3.28. The molecule has 0 bridgehead atoms. The highest BCUT2D eigenvalue weighted by molar-refractivity contribution is 5.95. The minimum atomic E-state index is -0.211. The molecule has 2 aliphatic rings. The van der Waals surface area contributed by atoms with Crippen molar-refractivity contribution in [3.05, 3.63) is 23.8 Å². The Hall–Kier alpha value is -1.71. The number of hydrogen-bond donors (Lipinski definition) is 1. The Labute approximate surface area is 145 Å². The molecule has 4 nitrogen and oxygen atoms in total. The molecule has 0 aromatic heterocycles. The van der Waals surface area contributed by atoms with E-state index in [4.69, 9.17) is 4.74 Å². The summed E-state index contributed by atoms with van der Waals surface area (Å²) in [5.41, 5.74) is 2.01. The molecule has 4 heteroatoms. The van der Waals surface area contributed by atoms with Gasteiger partial charge < -0.3 is 10.1 Å². The molecule has 1 saturated carbocycles. The third-order valence-electron chi connectivity index (χ3n) is 5.56. The highest BCUT2D eigenvalue weighted by atomic mass is 16.5. The number of carbonyl (C=O) groups excluding carboxylic acids is 1. The summed E-state index contributed by atoms with van der Waals surface area (Å²) in [4.78, 5) is 15.1. The number of carbonyl (C=O) groups is 1. The third-order valence-corrected chi connectivity index (χ3v) is 5.56. The highest BCUT2D eigenvalue weighted by Crippen LogP contribution is 2.44. The fourth-order valence-corrected chi connectivity index (χ4v) is 4.41. The molecule has 1 aromatic rings. The lowest BCUT2D eigenvalue weighted by Gasteiger charge is -2.46. The van der Waals surface area contributed by atoms with Gasteiger partial charge in [0.2, 0.25) is 0 Å². The fraction of sp³-hybridized carbons (Fsp3) is 0.650. The number of nitrogens with zero attached hydrogens (tertiary/aromatic N) is 1. The molecule has 0 spiro atoms. The Morgan fingerprint density at radius 2 is 1.96 bits per heavy atom. The van der Waals surface area contributed by atoms with Crippen molar-refractivity contribution < 1.29 is 9.53 Å². The molecule has 1 aliphatic carbocycles. The van der Waals surface area contributed by atoms with Crippen molar-refractivity contribution in [2.75, 3.05) is 12.0 Å². The second kappa shape index (κ2) is 6.66. The van der Waals surface area contributed by atoms with Gasteiger partial charge in [-0.2, -0.15) is 0 Å². The first-order valence-corrected chi connectivity index (χ1v) is 9.21. The minimum absolute atomic E-state index is 0.0355. The van der Waals surface area contributed by atoms with E-state index in [0.29, 0.717) is 12.0 Å². The molecule has 1 heterocycles. The molecule has 1 N–H and O–H groups in total. The number of amides is 2. The number of fused-ring (bicyclic) bond motifs is 1. The van der Waals surface area contributed by atoms with Crippen molar-refractivity contribution in [2.45, 2.75) is 76.8 Å².